The number of nitrogens with zero attached hydrogens (tertiary/aromatic N) is 1. The van der Waals surface area contributed by atoms with Crippen molar-refractivity contribution in [3.63, 3.8) is 0 Å². The van der Waals surface area contributed by atoms with Crippen molar-refractivity contribution in [3.8, 4) is 5.75 Å². The Hall–Kier alpha value is -3.84. The predicted molar refractivity (Wildman–Crippen MR) is 144 cm³/mol. The summed E-state index contributed by atoms with van der Waals surface area (Å²) in [6.45, 7) is 4.68. The normalized spacial score (nSPS) is 13.3. The van der Waals surface area contributed by atoms with Gasteiger partial charge in [0.2, 0.25) is 0 Å². The van der Waals surface area contributed by atoms with Gasteiger partial charge in [0.25, 0.3) is 15.9 Å². The van der Waals surface area contributed by atoms with E-state index >= 15 is 0 Å². The molecule has 0 unspecified atom stereocenters. The molecule has 1 aliphatic heterocycles. The van der Waals surface area contributed by atoms with Gasteiger partial charge in [-0.05, 0) is 79.4 Å². The second-order valence-electron chi connectivity index (χ2n) is 8.88. The van der Waals surface area contributed by atoms with Gasteiger partial charge >= 0.3 is 0 Å². The van der Waals surface area contributed by atoms with Crippen LogP contribution in [-0.4, -0.2) is 27.5 Å². The third-order valence-corrected chi connectivity index (χ3v) is 8.27. The Balaban J connectivity index is 1.46. The zero-order valence-electron chi connectivity index (χ0n) is 20.3. The third kappa shape index (κ3) is 4.42. The maximum absolute atomic E-state index is 13.4. The van der Waals surface area contributed by atoms with Crippen LogP contribution in [0.15, 0.2) is 83.8 Å². The molecule has 1 aliphatic rings. The summed E-state index contributed by atoms with van der Waals surface area (Å²) in [5.41, 5.74) is 3.64. The monoisotopic (exact) mass is 500 g/mol. The first-order valence-electron chi connectivity index (χ1n) is 12.1. The van der Waals surface area contributed by atoms with Gasteiger partial charge in [-0.3, -0.25) is 9.10 Å². The number of carbonyl (C=O) groups is 1. The number of hydrogen-bond donors (Lipinski definition) is 1. The molecule has 0 saturated heterocycles. The summed E-state index contributed by atoms with van der Waals surface area (Å²) in [6.07, 6.45) is 1.44. The molecule has 0 atom stereocenters. The van der Waals surface area contributed by atoms with Crippen LogP contribution in [-0.2, 0) is 16.4 Å². The van der Waals surface area contributed by atoms with Crippen molar-refractivity contribution in [1.82, 2.24) is 0 Å². The van der Waals surface area contributed by atoms with Crippen molar-refractivity contribution < 1.29 is 17.9 Å². The summed E-state index contributed by atoms with van der Waals surface area (Å²) in [6, 6.07) is 23.8. The molecule has 1 N–H and O–H groups in total. The second kappa shape index (κ2) is 9.66. The fraction of sp³-hybridized carbons (Fsp3) is 0.207. The van der Waals surface area contributed by atoms with Crippen LogP contribution in [0, 0.1) is 6.92 Å². The SMILES string of the molecule is CCOc1ccc2ccccc2c1C(=O)Nc1ccc2c(c1)CCCN2S(=O)(=O)c1ccc(C)cc1. The molecule has 0 fully saturated rings. The number of amides is 1. The van der Waals surface area contributed by atoms with E-state index in [4.69, 9.17) is 4.74 Å². The topological polar surface area (TPSA) is 75.7 Å². The van der Waals surface area contributed by atoms with Crippen molar-refractivity contribution in [2.75, 3.05) is 22.8 Å². The lowest BCUT2D eigenvalue weighted by Crippen LogP contribution is -2.35. The van der Waals surface area contributed by atoms with Crippen LogP contribution < -0.4 is 14.4 Å². The smallest absolute Gasteiger partial charge is 0.264 e. The Morgan fingerprint density at radius 1 is 1.00 bits per heavy atom. The molecule has 0 radical (unpaired) electrons. The van der Waals surface area contributed by atoms with Crippen molar-refractivity contribution in [1.29, 1.82) is 0 Å². The molecule has 1 amide bonds. The number of rotatable bonds is 6. The molecule has 6 nitrogen and oxygen atoms in total. The number of hydrogen-bond acceptors (Lipinski definition) is 4. The summed E-state index contributed by atoms with van der Waals surface area (Å²) in [7, 11) is -3.68. The number of ether oxygens (including phenoxy) is 1. The molecule has 7 heteroatoms. The first-order valence-corrected chi connectivity index (χ1v) is 13.5. The van der Waals surface area contributed by atoms with E-state index in [2.05, 4.69) is 5.32 Å². The van der Waals surface area contributed by atoms with E-state index in [9.17, 15) is 13.2 Å². The molecule has 0 aliphatic carbocycles. The van der Waals surface area contributed by atoms with Crippen LogP contribution in [0.1, 0.15) is 34.8 Å². The van der Waals surface area contributed by atoms with Crippen LogP contribution in [0.4, 0.5) is 11.4 Å². The van der Waals surface area contributed by atoms with Crippen LogP contribution in [0.5, 0.6) is 5.75 Å². The molecular weight excluding hydrogens is 472 g/mol. The summed E-state index contributed by atoms with van der Waals surface area (Å²) in [4.78, 5) is 13.7. The molecule has 0 saturated carbocycles. The Bertz CT molecular complexity index is 1550. The quantitative estimate of drug-likeness (QED) is 0.355. The molecule has 4 aromatic rings. The highest BCUT2D eigenvalue weighted by Crippen LogP contribution is 2.35. The minimum absolute atomic E-state index is 0.268. The van der Waals surface area contributed by atoms with Crippen molar-refractivity contribution >= 4 is 38.1 Å². The van der Waals surface area contributed by atoms with Crippen LogP contribution in [0.25, 0.3) is 10.8 Å². The van der Waals surface area contributed by atoms with E-state index in [0.29, 0.717) is 42.3 Å². The summed E-state index contributed by atoms with van der Waals surface area (Å²) >= 11 is 0. The Kier molecular flexibility index (Phi) is 6.41. The maximum Gasteiger partial charge on any atom is 0.264 e. The molecule has 0 bridgehead atoms. The largest absolute Gasteiger partial charge is 0.493 e. The van der Waals surface area contributed by atoms with Gasteiger partial charge in [0.1, 0.15) is 5.75 Å². The fourth-order valence-electron chi connectivity index (χ4n) is 4.68. The van der Waals surface area contributed by atoms with E-state index in [1.165, 1.54) is 4.31 Å². The molecular formula is C29H28N2O4S. The number of benzene rings is 4. The highest BCUT2D eigenvalue weighted by molar-refractivity contribution is 7.92. The average molecular weight is 501 g/mol. The number of sulfonamides is 1. The molecule has 4 aromatic carbocycles. The number of fused-ring (bicyclic) bond motifs is 2. The minimum Gasteiger partial charge on any atom is -0.493 e. The summed E-state index contributed by atoms with van der Waals surface area (Å²) < 4.78 is 34.0. The van der Waals surface area contributed by atoms with E-state index in [-0.39, 0.29) is 10.8 Å². The fourth-order valence-corrected chi connectivity index (χ4v) is 6.22. The molecule has 184 valence electrons. The molecule has 0 aromatic heterocycles. The zero-order chi connectivity index (χ0) is 25.3. The van der Waals surface area contributed by atoms with E-state index in [1.54, 1.807) is 36.4 Å². The van der Waals surface area contributed by atoms with E-state index < -0.39 is 10.0 Å². The highest BCUT2D eigenvalue weighted by Gasteiger charge is 2.29. The predicted octanol–water partition coefficient (Wildman–Crippen LogP) is 5.94. The lowest BCUT2D eigenvalue weighted by atomic mass is 10.0. The Morgan fingerprint density at radius 3 is 2.56 bits per heavy atom. The number of aryl methyl sites for hydroxylation is 2. The minimum atomic E-state index is -3.68. The average Bonchev–Trinajstić information content (AvgIpc) is 2.88. The lowest BCUT2D eigenvalue weighted by molar-refractivity contribution is 0.102. The van der Waals surface area contributed by atoms with Gasteiger partial charge in [-0.1, -0.05) is 48.0 Å². The van der Waals surface area contributed by atoms with Crippen LogP contribution in [0.2, 0.25) is 0 Å². The van der Waals surface area contributed by atoms with Crippen molar-refractivity contribution in [2.24, 2.45) is 0 Å². The van der Waals surface area contributed by atoms with Gasteiger partial charge in [-0.15, -0.1) is 0 Å². The zero-order valence-corrected chi connectivity index (χ0v) is 21.1. The van der Waals surface area contributed by atoms with Crippen LogP contribution >= 0.6 is 0 Å². The lowest BCUT2D eigenvalue weighted by Gasteiger charge is -2.31. The van der Waals surface area contributed by atoms with Gasteiger partial charge in [0, 0.05) is 12.2 Å². The van der Waals surface area contributed by atoms with E-state index in [1.807, 2.05) is 56.3 Å². The number of carbonyl (C=O) groups excluding carboxylic acids is 1. The molecule has 1 heterocycles. The van der Waals surface area contributed by atoms with E-state index in [0.717, 1.165) is 28.3 Å². The Labute approximate surface area is 211 Å². The number of anilines is 2. The van der Waals surface area contributed by atoms with Gasteiger partial charge in [0.15, 0.2) is 0 Å². The summed E-state index contributed by atoms with van der Waals surface area (Å²) in [5.74, 6) is 0.261. The summed E-state index contributed by atoms with van der Waals surface area (Å²) in [5, 5.41) is 4.77. The Morgan fingerprint density at radius 2 is 1.78 bits per heavy atom. The maximum atomic E-state index is 13.4. The highest BCUT2D eigenvalue weighted by atomic mass is 32.2. The van der Waals surface area contributed by atoms with Crippen molar-refractivity contribution in [3.05, 3.63) is 95.6 Å². The van der Waals surface area contributed by atoms with Crippen molar-refractivity contribution in [2.45, 2.75) is 31.6 Å². The van der Waals surface area contributed by atoms with Gasteiger partial charge < -0.3 is 10.1 Å². The van der Waals surface area contributed by atoms with Gasteiger partial charge in [-0.25, -0.2) is 8.42 Å². The van der Waals surface area contributed by atoms with Gasteiger partial charge in [0.05, 0.1) is 22.8 Å². The molecule has 0 spiro atoms. The molecule has 36 heavy (non-hydrogen) atoms. The second-order valence-corrected chi connectivity index (χ2v) is 10.7. The van der Waals surface area contributed by atoms with Crippen LogP contribution in [0.3, 0.4) is 0 Å². The first kappa shape index (κ1) is 23.9. The third-order valence-electron chi connectivity index (χ3n) is 6.44. The first-order chi connectivity index (χ1) is 17.4. The number of nitrogens with one attached hydrogen (secondary N) is 1. The van der Waals surface area contributed by atoms with Gasteiger partial charge in [-0.2, -0.15) is 0 Å². The molecule has 5 rings (SSSR count). The standard InChI is InChI=1S/C29H28N2O4S/c1-3-35-27-17-12-21-7-4-5-9-25(21)28(27)29(32)30-23-13-16-26-22(19-23)8-6-18-31(26)36(33,34)24-14-10-20(2)11-15-24/h4-5,7,9-17,19H,3,6,8,18H2,1-2H3,(H,30,32).